The summed E-state index contributed by atoms with van der Waals surface area (Å²) in [6.07, 6.45) is 0. The van der Waals surface area contributed by atoms with E-state index in [0.717, 1.165) is 6.54 Å². The molecule has 0 fully saturated rings. The molecule has 4 heteroatoms. The van der Waals surface area contributed by atoms with E-state index in [1.165, 1.54) is 8.66 Å². The summed E-state index contributed by atoms with van der Waals surface area (Å²) in [4.78, 5) is 1.37. The first-order valence-electron chi connectivity index (χ1n) is 4.24. The molecule has 1 unspecified atom stereocenters. The Balaban J connectivity index is 2.66. The number of thioether (sulfide) groups is 1. The zero-order chi connectivity index (χ0) is 9.84. The molecule has 0 spiro atoms. The first-order valence-corrected chi connectivity index (χ1v) is 6.79. The highest BCUT2D eigenvalue weighted by Crippen LogP contribution is 2.36. The first-order chi connectivity index (χ1) is 6.13. The molecule has 0 aromatic carbocycles. The zero-order valence-electron chi connectivity index (χ0n) is 7.79. The van der Waals surface area contributed by atoms with Crippen molar-refractivity contribution < 1.29 is 0 Å². The quantitative estimate of drug-likeness (QED) is 0.911. The van der Waals surface area contributed by atoms with Crippen LogP contribution in [-0.2, 0) is 0 Å². The minimum atomic E-state index is 0.455. The lowest BCUT2D eigenvalue weighted by atomic mass is 10.3. The number of hydrogen-bond acceptors (Lipinski definition) is 3. The van der Waals surface area contributed by atoms with E-state index in [1.807, 2.05) is 11.8 Å². The second-order valence-corrected chi connectivity index (χ2v) is 7.33. The fourth-order valence-corrected chi connectivity index (χ4v) is 3.78. The van der Waals surface area contributed by atoms with Crippen molar-refractivity contribution in [1.82, 2.24) is 0 Å². The first kappa shape index (κ1) is 11.6. The maximum atomic E-state index is 5.73. The average molecular weight is 280 g/mol. The van der Waals surface area contributed by atoms with Gasteiger partial charge in [0.1, 0.15) is 0 Å². The molecule has 74 valence electrons. The van der Waals surface area contributed by atoms with Crippen LogP contribution in [0.15, 0.2) is 15.9 Å². The van der Waals surface area contributed by atoms with Gasteiger partial charge in [0.2, 0.25) is 0 Å². The molecule has 0 saturated heterocycles. The highest BCUT2D eigenvalue weighted by atomic mass is 79.9. The molecule has 1 atom stereocenters. The van der Waals surface area contributed by atoms with Crippen LogP contribution in [0, 0.1) is 0 Å². The van der Waals surface area contributed by atoms with Crippen molar-refractivity contribution >= 4 is 39.0 Å². The third-order valence-electron chi connectivity index (χ3n) is 1.56. The maximum Gasteiger partial charge on any atom is 0.0701 e. The van der Waals surface area contributed by atoms with E-state index in [4.69, 9.17) is 5.73 Å². The van der Waals surface area contributed by atoms with Crippen molar-refractivity contribution in [2.75, 3.05) is 6.54 Å². The monoisotopic (exact) mass is 279 g/mol. The van der Waals surface area contributed by atoms with Crippen LogP contribution in [0.4, 0.5) is 0 Å². The molecule has 0 aliphatic carbocycles. The molecule has 0 radical (unpaired) electrons. The second kappa shape index (κ2) is 5.39. The Labute approximate surface area is 96.2 Å². The van der Waals surface area contributed by atoms with E-state index in [-0.39, 0.29) is 0 Å². The number of halogens is 1. The van der Waals surface area contributed by atoms with Gasteiger partial charge in [-0.3, -0.25) is 0 Å². The Hall–Kier alpha value is 0.490. The van der Waals surface area contributed by atoms with Gasteiger partial charge in [0.25, 0.3) is 0 Å². The van der Waals surface area contributed by atoms with E-state index in [9.17, 15) is 0 Å². The summed E-state index contributed by atoms with van der Waals surface area (Å²) in [6.45, 7) is 5.13. The van der Waals surface area contributed by atoms with E-state index < -0.39 is 0 Å². The maximum absolute atomic E-state index is 5.73. The van der Waals surface area contributed by atoms with Gasteiger partial charge in [0.15, 0.2) is 0 Å². The fraction of sp³-hybridized carbons (Fsp3) is 0.556. The summed E-state index contributed by atoms with van der Waals surface area (Å²) in [5.74, 6) is 0. The van der Waals surface area contributed by atoms with Crippen molar-refractivity contribution in [1.29, 1.82) is 0 Å². The summed E-state index contributed by atoms with van der Waals surface area (Å²) >= 11 is 7.17. The van der Waals surface area contributed by atoms with Crippen LogP contribution in [0.2, 0.25) is 0 Å². The lowest BCUT2D eigenvalue weighted by Crippen LogP contribution is -2.10. The predicted molar refractivity (Wildman–Crippen MR) is 66.5 cm³/mol. The Bertz CT molecular complexity index is 260. The molecule has 0 amide bonds. The van der Waals surface area contributed by atoms with Crippen LogP contribution >= 0.6 is 39.0 Å². The lowest BCUT2D eigenvalue weighted by Gasteiger charge is -2.14. The van der Waals surface area contributed by atoms with E-state index in [1.54, 1.807) is 11.3 Å². The third-order valence-corrected chi connectivity index (χ3v) is 4.77. The second-order valence-electron chi connectivity index (χ2n) is 3.05. The van der Waals surface area contributed by atoms with E-state index >= 15 is 0 Å². The molecule has 1 rings (SSSR count). The minimum Gasteiger partial charge on any atom is -0.329 e. The zero-order valence-corrected chi connectivity index (χ0v) is 11.0. The van der Waals surface area contributed by atoms with Crippen molar-refractivity contribution in [3.8, 4) is 0 Å². The predicted octanol–water partition coefficient (Wildman–Crippen LogP) is 3.65. The topological polar surface area (TPSA) is 26.0 Å². The van der Waals surface area contributed by atoms with Crippen LogP contribution in [0.5, 0.6) is 0 Å². The smallest absolute Gasteiger partial charge is 0.0701 e. The molecule has 0 aliphatic rings. The van der Waals surface area contributed by atoms with Crippen LogP contribution < -0.4 is 5.73 Å². The van der Waals surface area contributed by atoms with Gasteiger partial charge in [-0.1, -0.05) is 13.8 Å². The van der Waals surface area contributed by atoms with Crippen LogP contribution in [0.3, 0.4) is 0 Å². The van der Waals surface area contributed by atoms with Gasteiger partial charge in [-0.15, -0.1) is 23.1 Å². The fourth-order valence-electron chi connectivity index (χ4n) is 1.07. The summed E-state index contributed by atoms with van der Waals surface area (Å²) in [7, 11) is 0. The lowest BCUT2D eigenvalue weighted by molar-refractivity contribution is 0.946. The van der Waals surface area contributed by atoms with Crippen molar-refractivity contribution in [3.05, 3.63) is 20.8 Å². The molecular weight excluding hydrogens is 266 g/mol. The SMILES string of the molecule is CC(C)SC(CN)c1ccc(Br)s1. The van der Waals surface area contributed by atoms with Gasteiger partial charge in [0, 0.05) is 11.4 Å². The molecule has 0 aliphatic heterocycles. The van der Waals surface area contributed by atoms with Gasteiger partial charge in [-0.25, -0.2) is 0 Å². The third kappa shape index (κ3) is 3.62. The van der Waals surface area contributed by atoms with Crippen molar-refractivity contribution in [3.63, 3.8) is 0 Å². The van der Waals surface area contributed by atoms with Gasteiger partial charge in [-0.05, 0) is 33.3 Å². The summed E-state index contributed by atoms with van der Waals surface area (Å²) in [5.41, 5.74) is 5.73. The van der Waals surface area contributed by atoms with Gasteiger partial charge >= 0.3 is 0 Å². The standard InChI is InChI=1S/C9H14BrNS2/c1-6(2)12-8(5-11)7-3-4-9(10)13-7/h3-4,6,8H,5,11H2,1-2H3. The summed E-state index contributed by atoms with van der Waals surface area (Å²) in [5, 5.41) is 1.09. The molecular formula is C9H14BrNS2. The average Bonchev–Trinajstić information content (AvgIpc) is 2.47. The molecule has 13 heavy (non-hydrogen) atoms. The highest BCUT2D eigenvalue weighted by molar-refractivity contribution is 9.11. The normalized spacial score (nSPS) is 13.6. The van der Waals surface area contributed by atoms with Crippen molar-refractivity contribution in [2.45, 2.75) is 24.3 Å². The van der Waals surface area contributed by atoms with E-state index in [0.29, 0.717) is 10.5 Å². The van der Waals surface area contributed by atoms with Gasteiger partial charge < -0.3 is 5.73 Å². The Kier molecular flexibility index (Phi) is 4.80. The van der Waals surface area contributed by atoms with Crippen LogP contribution in [-0.4, -0.2) is 11.8 Å². The van der Waals surface area contributed by atoms with Gasteiger partial charge in [-0.2, -0.15) is 0 Å². The molecule has 1 heterocycles. The number of nitrogens with two attached hydrogens (primary N) is 1. The molecule has 0 bridgehead atoms. The van der Waals surface area contributed by atoms with Crippen LogP contribution in [0.1, 0.15) is 24.0 Å². The van der Waals surface area contributed by atoms with E-state index in [2.05, 4.69) is 41.9 Å². The number of thiophene rings is 1. The molecule has 0 saturated carbocycles. The Morgan fingerprint density at radius 1 is 1.54 bits per heavy atom. The highest BCUT2D eigenvalue weighted by Gasteiger charge is 2.13. The number of hydrogen-bond donors (Lipinski definition) is 1. The van der Waals surface area contributed by atoms with Gasteiger partial charge in [0.05, 0.1) is 9.04 Å². The largest absolute Gasteiger partial charge is 0.329 e. The summed E-state index contributed by atoms with van der Waals surface area (Å²) < 4.78 is 1.19. The molecule has 2 N–H and O–H groups in total. The molecule has 1 nitrogen and oxygen atoms in total. The molecule has 1 aromatic rings. The molecule has 1 aromatic heterocycles. The van der Waals surface area contributed by atoms with Crippen LogP contribution in [0.25, 0.3) is 0 Å². The van der Waals surface area contributed by atoms with Crippen molar-refractivity contribution in [2.24, 2.45) is 5.73 Å². The number of rotatable bonds is 4. The minimum absolute atomic E-state index is 0.455. The Morgan fingerprint density at radius 3 is 2.62 bits per heavy atom. The summed E-state index contributed by atoms with van der Waals surface area (Å²) in [6, 6.07) is 4.24. The Morgan fingerprint density at radius 2 is 2.23 bits per heavy atom.